The number of hydrogen-bond acceptors (Lipinski definition) is 2. The van der Waals surface area contributed by atoms with Gasteiger partial charge >= 0.3 is 0 Å². The molecule has 0 unspecified atom stereocenters. The van der Waals surface area contributed by atoms with E-state index in [1.807, 2.05) is 22.8 Å². The smallest absolute Gasteiger partial charge is 0.144 e. The summed E-state index contributed by atoms with van der Waals surface area (Å²) in [4.78, 5) is 4.63. The van der Waals surface area contributed by atoms with Crippen molar-refractivity contribution in [1.82, 2.24) is 9.55 Å². The summed E-state index contributed by atoms with van der Waals surface area (Å²) in [5.74, 6) is 0.820. The van der Waals surface area contributed by atoms with Gasteiger partial charge < -0.3 is 9.67 Å². The second-order valence-corrected chi connectivity index (χ2v) is 5.70. The van der Waals surface area contributed by atoms with Crippen LogP contribution in [0.25, 0.3) is 22.4 Å². The van der Waals surface area contributed by atoms with Gasteiger partial charge in [0, 0.05) is 11.6 Å². The van der Waals surface area contributed by atoms with E-state index in [9.17, 15) is 5.11 Å². The normalized spacial score (nSPS) is 11.2. The Balaban J connectivity index is 2.31. The molecular weight excluding hydrogens is 307 g/mol. The summed E-state index contributed by atoms with van der Waals surface area (Å²) in [5, 5.41) is 11.3. The molecule has 0 atom stereocenters. The predicted octanol–water partition coefficient (Wildman–Crippen LogP) is 5.13. The molecule has 21 heavy (non-hydrogen) atoms. The zero-order valence-electron chi connectivity index (χ0n) is 11.5. The third-order valence-corrected chi connectivity index (χ3v) is 3.91. The zero-order valence-corrected chi connectivity index (χ0v) is 13.0. The number of imidazole rings is 1. The number of phenolic OH excluding ortho intramolecular Hbond substituents is 1. The van der Waals surface area contributed by atoms with Gasteiger partial charge in [-0.2, -0.15) is 0 Å². The van der Waals surface area contributed by atoms with Gasteiger partial charge in [-0.15, -0.1) is 0 Å². The maximum Gasteiger partial charge on any atom is 0.144 e. The van der Waals surface area contributed by atoms with Gasteiger partial charge in [0.25, 0.3) is 0 Å². The Labute approximate surface area is 132 Å². The van der Waals surface area contributed by atoms with Crippen molar-refractivity contribution in [2.24, 2.45) is 0 Å². The molecule has 0 aliphatic rings. The Morgan fingerprint density at radius 3 is 2.71 bits per heavy atom. The summed E-state index contributed by atoms with van der Waals surface area (Å²) in [7, 11) is 0. The van der Waals surface area contributed by atoms with Crippen molar-refractivity contribution < 1.29 is 5.11 Å². The summed E-state index contributed by atoms with van der Waals surface area (Å²) >= 11 is 12.2. The van der Waals surface area contributed by atoms with E-state index in [0.717, 1.165) is 24.0 Å². The van der Waals surface area contributed by atoms with Crippen LogP contribution in [0.15, 0.2) is 36.4 Å². The van der Waals surface area contributed by atoms with E-state index in [1.165, 1.54) is 6.07 Å². The van der Waals surface area contributed by atoms with Crippen molar-refractivity contribution in [1.29, 1.82) is 0 Å². The third-order valence-electron chi connectivity index (χ3n) is 3.37. The van der Waals surface area contributed by atoms with Crippen molar-refractivity contribution in [3.05, 3.63) is 46.4 Å². The van der Waals surface area contributed by atoms with Gasteiger partial charge in [0.2, 0.25) is 0 Å². The zero-order chi connectivity index (χ0) is 15.0. The van der Waals surface area contributed by atoms with E-state index < -0.39 is 0 Å². The summed E-state index contributed by atoms with van der Waals surface area (Å²) in [6.07, 6.45) is 0.942. The fourth-order valence-electron chi connectivity index (χ4n) is 2.48. The molecule has 0 amide bonds. The molecule has 1 heterocycles. The Bertz CT molecular complexity index is 811. The molecule has 0 bridgehead atoms. The number of nitrogens with zero attached hydrogens (tertiary/aromatic N) is 2. The predicted molar refractivity (Wildman–Crippen MR) is 87.1 cm³/mol. The Morgan fingerprint density at radius 2 is 2.00 bits per heavy atom. The second kappa shape index (κ2) is 5.58. The van der Waals surface area contributed by atoms with E-state index in [4.69, 9.17) is 23.2 Å². The topological polar surface area (TPSA) is 38.0 Å². The molecule has 3 nitrogen and oxygen atoms in total. The van der Waals surface area contributed by atoms with Crippen molar-refractivity contribution >= 4 is 34.2 Å². The highest BCUT2D eigenvalue weighted by Gasteiger charge is 2.17. The monoisotopic (exact) mass is 320 g/mol. The molecule has 0 saturated carbocycles. The highest BCUT2D eigenvalue weighted by atomic mass is 35.5. The van der Waals surface area contributed by atoms with Crippen LogP contribution in [0.4, 0.5) is 0 Å². The van der Waals surface area contributed by atoms with Crippen molar-refractivity contribution in [3.8, 4) is 17.1 Å². The number of fused-ring (bicyclic) bond motifs is 1. The van der Waals surface area contributed by atoms with Gasteiger partial charge in [-0.3, -0.25) is 0 Å². The number of aryl methyl sites for hydroxylation is 1. The van der Waals surface area contributed by atoms with Gasteiger partial charge in [-0.1, -0.05) is 36.2 Å². The van der Waals surface area contributed by atoms with E-state index in [-0.39, 0.29) is 5.75 Å². The van der Waals surface area contributed by atoms with Gasteiger partial charge in [0.05, 0.1) is 21.6 Å². The van der Waals surface area contributed by atoms with Gasteiger partial charge in [-0.25, -0.2) is 4.98 Å². The summed E-state index contributed by atoms with van der Waals surface area (Å²) in [5.41, 5.74) is 2.37. The molecule has 108 valence electrons. The number of hydrogen-bond donors (Lipinski definition) is 1. The molecule has 0 aliphatic carbocycles. The van der Waals surface area contributed by atoms with Crippen LogP contribution in [0.1, 0.15) is 13.3 Å². The maximum absolute atomic E-state index is 10.2. The van der Waals surface area contributed by atoms with Crippen molar-refractivity contribution in [3.63, 3.8) is 0 Å². The molecule has 0 radical (unpaired) electrons. The minimum Gasteiger partial charge on any atom is -0.507 e. The average Bonchev–Trinajstić information content (AvgIpc) is 2.79. The lowest BCUT2D eigenvalue weighted by Gasteiger charge is -2.10. The highest BCUT2D eigenvalue weighted by molar-refractivity contribution is 6.35. The van der Waals surface area contributed by atoms with Crippen LogP contribution in [-0.4, -0.2) is 14.7 Å². The largest absolute Gasteiger partial charge is 0.507 e. The van der Waals surface area contributed by atoms with Crippen LogP contribution >= 0.6 is 23.2 Å². The van der Waals surface area contributed by atoms with Crippen LogP contribution in [0, 0.1) is 0 Å². The number of aromatic hydroxyl groups is 1. The molecule has 0 saturated heterocycles. The maximum atomic E-state index is 10.2. The number of aromatic nitrogens is 2. The van der Waals surface area contributed by atoms with Crippen LogP contribution in [0.3, 0.4) is 0 Å². The quantitative estimate of drug-likeness (QED) is 0.726. The number of benzene rings is 2. The van der Waals surface area contributed by atoms with E-state index in [0.29, 0.717) is 21.4 Å². The third kappa shape index (κ3) is 2.47. The lowest BCUT2D eigenvalue weighted by atomic mass is 10.2. The van der Waals surface area contributed by atoms with Gasteiger partial charge in [0.15, 0.2) is 0 Å². The standard InChI is InChI=1S/C16H14Cl2N2O/c1-2-8-20-15-12(18)4-3-5-13(15)19-16(20)11-7-6-10(17)9-14(11)21/h3-7,9,21H,2,8H2,1H3. The molecule has 0 aliphatic heterocycles. The first kappa shape index (κ1) is 14.2. The fraction of sp³-hybridized carbons (Fsp3) is 0.188. The van der Waals surface area contributed by atoms with E-state index in [1.54, 1.807) is 12.1 Å². The first-order valence-corrected chi connectivity index (χ1v) is 7.51. The molecule has 0 spiro atoms. The Hall–Kier alpha value is -1.71. The Kier molecular flexibility index (Phi) is 3.79. The molecule has 2 aromatic carbocycles. The minimum absolute atomic E-state index is 0.117. The summed E-state index contributed by atoms with van der Waals surface area (Å²) in [6, 6.07) is 10.7. The molecule has 0 fully saturated rings. The Morgan fingerprint density at radius 1 is 1.19 bits per heavy atom. The van der Waals surface area contributed by atoms with Crippen LogP contribution in [-0.2, 0) is 6.54 Å². The second-order valence-electron chi connectivity index (χ2n) is 4.86. The molecular formula is C16H14Cl2N2O. The number of para-hydroxylation sites is 1. The van der Waals surface area contributed by atoms with E-state index in [2.05, 4.69) is 11.9 Å². The first-order valence-electron chi connectivity index (χ1n) is 6.75. The summed E-state index contributed by atoms with van der Waals surface area (Å²) < 4.78 is 2.04. The molecule has 1 aromatic heterocycles. The lowest BCUT2D eigenvalue weighted by Crippen LogP contribution is -2.00. The van der Waals surface area contributed by atoms with Crippen LogP contribution in [0.5, 0.6) is 5.75 Å². The first-order chi connectivity index (χ1) is 10.1. The highest BCUT2D eigenvalue weighted by Crippen LogP contribution is 2.35. The van der Waals surface area contributed by atoms with Crippen LogP contribution in [0.2, 0.25) is 10.0 Å². The SMILES string of the molecule is CCCn1c(-c2ccc(Cl)cc2O)nc2cccc(Cl)c21. The molecule has 3 aromatic rings. The van der Waals surface area contributed by atoms with Gasteiger partial charge in [-0.05, 0) is 36.8 Å². The molecule has 1 N–H and O–H groups in total. The number of phenols is 1. The fourth-order valence-corrected chi connectivity index (χ4v) is 2.92. The lowest BCUT2D eigenvalue weighted by molar-refractivity contribution is 0.476. The number of halogens is 2. The molecule has 3 rings (SSSR count). The van der Waals surface area contributed by atoms with E-state index >= 15 is 0 Å². The van der Waals surface area contributed by atoms with Crippen molar-refractivity contribution in [2.75, 3.05) is 0 Å². The van der Waals surface area contributed by atoms with Crippen LogP contribution < -0.4 is 0 Å². The average molecular weight is 321 g/mol. The summed E-state index contributed by atoms with van der Waals surface area (Å²) in [6.45, 7) is 2.87. The minimum atomic E-state index is 0.117. The molecule has 5 heteroatoms. The van der Waals surface area contributed by atoms with Gasteiger partial charge in [0.1, 0.15) is 11.6 Å². The van der Waals surface area contributed by atoms with Crippen molar-refractivity contribution in [2.45, 2.75) is 19.9 Å². The number of rotatable bonds is 3.